The van der Waals surface area contributed by atoms with Crippen molar-refractivity contribution >= 4 is 12.4 Å². The maximum atomic E-state index is 11.7. The van der Waals surface area contributed by atoms with Gasteiger partial charge in [-0.3, -0.25) is 9.98 Å². The second-order valence-corrected chi connectivity index (χ2v) is 22.6. The Bertz CT molecular complexity index is 1960. The fraction of sp³-hybridized carbons (Fsp3) is 0.667. The molecular weight excluding hydrogens is 837 g/mol. The molecule has 2 heterocycles. The van der Waals surface area contributed by atoms with Gasteiger partial charge < -0.3 is 10.2 Å². The summed E-state index contributed by atoms with van der Waals surface area (Å²) < 4.78 is 9.15. The Morgan fingerprint density at radius 1 is 0.515 bits per heavy atom. The maximum absolute atomic E-state index is 11.7. The third-order valence-electron chi connectivity index (χ3n) is 14.3. The molecule has 1 fully saturated rings. The minimum atomic E-state index is -0.232. The van der Waals surface area contributed by atoms with Crippen LogP contribution in [-0.4, -0.2) is 43.9 Å². The predicted octanol–water partition coefficient (Wildman–Crippen LogP) is 14.7. The molecule has 0 bridgehead atoms. The van der Waals surface area contributed by atoms with Crippen LogP contribution in [0.5, 0.6) is 11.5 Å². The van der Waals surface area contributed by atoms with Crippen molar-refractivity contribution in [1.29, 1.82) is 0 Å². The second-order valence-electron chi connectivity index (χ2n) is 22.6. The molecule has 0 saturated heterocycles. The molecule has 8 heteroatoms. The number of aryl methyl sites for hydroxylation is 2. The minimum Gasteiger partial charge on any atom is -0.507 e. The average molecular weight is 933 g/mol. The number of unbranched alkanes of at least 4 members (excludes halogenated alkanes) is 18. The number of phenolic OH excluding ortho intramolecular Hbond substituents is 2. The zero-order valence-electron chi connectivity index (χ0n) is 44.5. The van der Waals surface area contributed by atoms with E-state index in [4.69, 9.17) is 9.98 Å². The first-order chi connectivity index (χ1) is 32.7. The first kappa shape index (κ1) is 54.7. The van der Waals surface area contributed by atoms with Gasteiger partial charge in [-0.05, 0) is 84.7 Å². The predicted molar refractivity (Wildman–Crippen MR) is 286 cm³/mol. The number of hydrogen-bond acceptors (Lipinski definition) is 4. The van der Waals surface area contributed by atoms with E-state index >= 15 is 0 Å². The monoisotopic (exact) mass is 933 g/mol. The largest absolute Gasteiger partial charge is 0.507 e. The molecule has 1 saturated carbocycles. The van der Waals surface area contributed by atoms with Crippen molar-refractivity contribution in [2.45, 2.75) is 259 Å². The fourth-order valence-corrected chi connectivity index (χ4v) is 10.1. The Balaban J connectivity index is 1.21. The molecule has 0 amide bonds. The lowest BCUT2D eigenvalue weighted by molar-refractivity contribution is -0.688. The molecular formula is C60H96N6O2+2. The first-order valence-corrected chi connectivity index (χ1v) is 27.6. The number of aromatic hydroxyl groups is 2. The molecule has 0 radical (unpaired) electrons. The van der Waals surface area contributed by atoms with Crippen LogP contribution in [-0.2, 0) is 37.0 Å². The molecule has 2 atom stereocenters. The number of phenols is 2. The van der Waals surface area contributed by atoms with Crippen LogP contribution in [0.1, 0.15) is 243 Å². The topological polar surface area (TPSA) is 82.8 Å². The van der Waals surface area contributed by atoms with Crippen LogP contribution in [0.15, 0.2) is 71.7 Å². The summed E-state index contributed by atoms with van der Waals surface area (Å²) in [6.45, 7) is 21.1. The number of aliphatic imine (C=N–C) groups is 2. The third kappa shape index (κ3) is 18.6. The molecule has 2 aromatic carbocycles. The lowest BCUT2D eigenvalue weighted by Gasteiger charge is -2.26. The van der Waals surface area contributed by atoms with Crippen LogP contribution in [0.4, 0.5) is 0 Å². The molecule has 1 aliphatic carbocycles. The van der Waals surface area contributed by atoms with E-state index in [2.05, 4.69) is 135 Å². The Hall–Kier alpha value is -4.20. The van der Waals surface area contributed by atoms with E-state index in [0.717, 1.165) is 85.2 Å². The summed E-state index contributed by atoms with van der Waals surface area (Å²) >= 11 is 0. The molecule has 0 unspecified atom stereocenters. The third-order valence-corrected chi connectivity index (χ3v) is 14.3. The van der Waals surface area contributed by atoms with Gasteiger partial charge in [-0.2, -0.15) is 0 Å². The van der Waals surface area contributed by atoms with Crippen molar-refractivity contribution < 1.29 is 19.3 Å². The Kier molecular flexibility index (Phi) is 22.9. The highest BCUT2D eigenvalue weighted by Crippen LogP contribution is 2.36. The molecule has 0 aliphatic heterocycles. The molecule has 2 aromatic heterocycles. The van der Waals surface area contributed by atoms with Gasteiger partial charge in [0.05, 0.1) is 25.2 Å². The molecule has 0 spiro atoms. The number of rotatable bonds is 30. The molecule has 8 nitrogen and oxygen atoms in total. The van der Waals surface area contributed by atoms with Gasteiger partial charge in [0.1, 0.15) is 49.4 Å². The van der Waals surface area contributed by atoms with Gasteiger partial charge in [-0.15, -0.1) is 0 Å². The quantitative estimate of drug-likeness (QED) is 0.0310. The van der Waals surface area contributed by atoms with E-state index in [9.17, 15) is 10.2 Å². The summed E-state index contributed by atoms with van der Waals surface area (Å²) in [4.78, 5) is 10.4. The van der Waals surface area contributed by atoms with Crippen molar-refractivity contribution in [2.75, 3.05) is 0 Å². The number of hydrogen-bond donors (Lipinski definition) is 2. The van der Waals surface area contributed by atoms with Gasteiger partial charge in [0.15, 0.2) is 0 Å². The standard InChI is InChI=1S/C60H94N6O2/c1-9-11-13-15-17-19-21-23-25-29-33-63-35-37-65(47-63)45-49-39-51(57(67)53(41-49)59(3,4)5)43-61-55-31-27-28-32-56(55)62-44-52-40-50(42-54(58(52)68)60(6,7)8)46-66-38-36-64(48-66)34-30-26-24-22-20-18-16-14-12-10-2/h35-44,47-48,55-56H,9-34,45-46H2,1-8H3/p+2/t55-,56-/m1/s1. The van der Waals surface area contributed by atoms with E-state index in [0.29, 0.717) is 11.5 Å². The summed E-state index contributed by atoms with van der Waals surface area (Å²) in [6.07, 6.45) is 48.0. The first-order valence-electron chi connectivity index (χ1n) is 27.6. The van der Waals surface area contributed by atoms with Crippen LogP contribution in [0.2, 0.25) is 0 Å². The van der Waals surface area contributed by atoms with Crippen molar-refractivity contribution in [3.63, 3.8) is 0 Å². The van der Waals surface area contributed by atoms with E-state index in [1.165, 1.54) is 128 Å². The van der Waals surface area contributed by atoms with Gasteiger partial charge in [0.25, 0.3) is 0 Å². The van der Waals surface area contributed by atoms with E-state index in [1.54, 1.807) is 0 Å². The van der Waals surface area contributed by atoms with Crippen LogP contribution in [0.3, 0.4) is 0 Å². The minimum absolute atomic E-state index is 0.00590. The van der Waals surface area contributed by atoms with Gasteiger partial charge in [-0.1, -0.05) is 171 Å². The van der Waals surface area contributed by atoms with Gasteiger partial charge in [-0.25, -0.2) is 18.3 Å². The number of aromatic nitrogens is 4. The smallest absolute Gasteiger partial charge is 0.244 e. The van der Waals surface area contributed by atoms with Crippen molar-refractivity contribution in [2.24, 2.45) is 9.98 Å². The normalized spacial score (nSPS) is 15.9. The Morgan fingerprint density at radius 3 is 1.19 bits per heavy atom. The highest BCUT2D eigenvalue weighted by Gasteiger charge is 2.26. The number of imidazole rings is 2. The summed E-state index contributed by atoms with van der Waals surface area (Å²) in [5, 5.41) is 23.4. The van der Waals surface area contributed by atoms with Crippen LogP contribution in [0, 0.1) is 0 Å². The van der Waals surface area contributed by atoms with E-state index in [-0.39, 0.29) is 22.9 Å². The highest BCUT2D eigenvalue weighted by molar-refractivity contribution is 5.86. The van der Waals surface area contributed by atoms with Crippen LogP contribution >= 0.6 is 0 Å². The lowest BCUT2D eigenvalue weighted by atomic mass is 9.84. The van der Waals surface area contributed by atoms with E-state index in [1.807, 2.05) is 12.4 Å². The lowest BCUT2D eigenvalue weighted by Crippen LogP contribution is -2.32. The highest BCUT2D eigenvalue weighted by atomic mass is 16.3. The van der Waals surface area contributed by atoms with Gasteiger partial charge in [0, 0.05) is 34.7 Å². The summed E-state index contributed by atoms with van der Waals surface area (Å²) in [6, 6.07) is 8.56. The molecule has 68 heavy (non-hydrogen) atoms. The summed E-state index contributed by atoms with van der Waals surface area (Å²) in [5.41, 5.74) is 5.25. The molecule has 5 rings (SSSR count). The zero-order chi connectivity index (χ0) is 48.8. The molecule has 2 N–H and O–H groups in total. The SMILES string of the molecule is CCCCCCCCCCCCn1cc[n+](Cc2cc(C=N[C@@H]3CCCC[C@H]3N=Cc3cc(C[n+]4ccn(CCCCCCCCCCCC)c4)cc(C(C)(C)C)c3O)c(O)c(C(C)(C)C)c2)c1. The molecule has 376 valence electrons. The van der Waals surface area contributed by atoms with Crippen molar-refractivity contribution in [3.05, 3.63) is 95.1 Å². The zero-order valence-corrected chi connectivity index (χ0v) is 44.5. The number of nitrogens with zero attached hydrogens (tertiary/aromatic N) is 6. The average Bonchev–Trinajstić information content (AvgIpc) is 3.96. The van der Waals surface area contributed by atoms with Crippen molar-refractivity contribution in [1.82, 2.24) is 9.13 Å². The van der Waals surface area contributed by atoms with Gasteiger partial charge >= 0.3 is 0 Å². The maximum Gasteiger partial charge on any atom is 0.244 e. The fourth-order valence-electron chi connectivity index (χ4n) is 10.1. The molecule has 4 aromatic rings. The Labute approximate surface area is 414 Å². The van der Waals surface area contributed by atoms with Gasteiger partial charge in [0.2, 0.25) is 12.7 Å². The van der Waals surface area contributed by atoms with Crippen LogP contribution < -0.4 is 9.13 Å². The number of benzene rings is 2. The van der Waals surface area contributed by atoms with Crippen molar-refractivity contribution in [3.8, 4) is 11.5 Å². The summed E-state index contributed by atoms with van der Waals surface area (Å²) in [7, 11) is 0. The molecule has 1 aliphatic rings. The van der Waals surface area contributed by atoms with E-state index < -0.39 is 0 Å². The Morgan fingerprint density at radius 2 is 0.853 bits per heavy atom. The van der Waals surface area contributed by atoms with Crippen LogP contribution in [0.25, 0.3) is 0 Å². The summed E-state index contributed by atoms with van der Waals surface area (Å²) in [5.74, 6) is 0.626. The second kappa shape index (κ2) is 28.5.